The zero-order valence-corrected chi connectivity index (χ0v) is 10.3. The molecule has 0 saturated carbocycles. The number of nitrogens with one attached hydrogen (secondary N) is 1. The third-order valence-electron chi connectivity index (χ3n) is 3.38. The lowest BCUT2D eigenvalue weighted by molar-refractivity contribution is 0.405. The molecule has 0 aliphatic carbocycles. The first-order valence-corrected chi connectivity index (χ1v) is 6.55. The van der Waals surface area contributed by atoms with Gasteiger partial charge in [0.1, 0.15) is 0 Å². The standard InChI is InChI=1S/C15H17N3/c1-2-6-12(7-3-1)15-17-11-9-14(18-15)13-8-4-5-10-16-13/h1-3,6-7,9,11,13,16H,4-5,8,10H2. The fourth-order valence-electron chi connectivity index (χ4n) is 2.40. The predicted octanol–water partition coefficient (Wildman–Crippen LogP) is 2.96. The van der Waals surface area contributed by atoms with E-state index in [-0.39, 0.29) is 0 Å². The molecule has 2 aromatic rings. The molecule has 0 bridgehead atoms. The van der Waals surface area contributed by atoms with Crippen molar-refractivity contribution >= 4 is 0 Å². The van der Waals surface area contributed by atoms with Crippen molar-refractivity contribution in [3.05, 3.63) is 48.3 Å². The Hall–Kier alpha value is -1.74. The SMILES string of the molecule is c1ccc(-c2nccc(C3CCCCN3)n2)cc1. The van der Waals surface area contributed by atoms with E-state index in [0.29, 0.717) is 6.04 Å². The normalized spacial score (nSPS) is 19.7. The molecule has 0 radical (unpaired) electrons. The van der Waals surface area contributed by atoms with E-state index < -0.39 is 0 Å². The van der Waals surface area contributed by atoms with Crippen molar-refractivity contribution in [2.45, 2.75) is 25.3 Å². The van der Waals surface area contributed by atoms with E-state index in [4.69, 9.17) is 4.98 Å². The molecule has 3 heteroatoms. The van der Waals surface area contributed by atoms with Crippen molar-refractivity contribution < 1.29 is 0 Å². The summed E-state index contributed by atoms with van der Waals surface area (Å²) in [5, 5.41) is 3.52. The monoisotopic (exact) mass is 239 g/mol. The molecular formula is C15H17N3. The topological polar surface area (TPSA) is 37.8 Å². The molecule has 0 amide bonds. The van der Waals surface area contributed by atoms with E-state index >= 15 is 0 Å². The molecule has 1 fully saturated rings. The van der Waals surface area contributed by atoms with Crippen LogP contribution in [0.2, 0.25) is 0 Å². The quantitative estimate of drug-likeness (QED) is 0.875. The number of rotatable bonds is 2. The van der Waals surface area contributed by atoms with E-state index in [1.807, 2.05) is 42.6 Å². The molecule has 18 heavy (non-hydrogen) atoms. The van der Waals surface area contributed by atoms with Gasteiger partial charge in [-0.25, -0.2) is 9.97 Å². The highest BCUT2D eigenvalue weighted by molar-refractivity contribution is 5.54. The molecule has 92 valence electrons. The Kier molecular flexibility index (Phi) is 3.33. The second-order valence-corrected chi connectivity index (χ2v) is 4.67. The number of hydrogen-bond donors (Lipinski definition) is 1. The molecule has 1 atom stereocenters. The average molecular weight is 239 g/mol. The van der Waals surface area contributed by atoms with Crippen LogP contribution in [-0.2, 0) is 0 Å². The molecule has 0 spiro atoms. The van der Waals surface area contributed by atoms with Crippen LogP contribution < -0.4 is 5.32 Å². The van der Waals surface area contributed by atoms with Gasteiger partial charge in [0, 0.05) is 17.8 Å². The fraction of sp³-hybridized carbons (Fsp3) is 0.333. The van der Waals surface area contributed by atoms with Crippen LogP contribution in [0.25, 0.3) is 11.4 Å². The number of piperidine rings is 1. The number of hydrogen-bond acceptors (Lipinski definition) is 3. The Morgan fingerprint density at radius 2 is 1.94 bits per heavy atom. The lowest BCUT2D eigenvalue weighted by atomic mass is 10.0. The summed E-state index contributed by atoms with van der Waals surface area (Å²) in [6.45, 7) is 1.09. The van der Waals surface area contributed by atoms with Crippen LogP contribution in [0.3, 0.4) is 0 Å². The molecule has 1 unspecified atom stereocenters. The number of benzene rings is 1. The van der Waals surface area contributed by atoms with Crippen LogP contribution >= 0.6 is 0 Å². The Morgan fingerprint density at radius 1 is 1.06 bits per heavy atom. The molecule has 3 nitrogen and oxygen atoms in total. The van der Waals surface area contributed by atoms with Crippen LogP contribution in [0.15, 0.2) is 42.6 Å². The van der Waals surface area contributed by atoms with E-state index in [1.54, 1.807) is 0 Å². The number of aromatic nitrogens is 2. The fourth-order valence-corrected chi connectivity index (χ4v) is 2.40. The minimum Gasteiger partial charge on any atom is -0.309 e. The highest BCUT2D eigenvalue weighted by Gasteiger charge is 2.16. The van der Waals surface area contributed by atoms with Gasteiger partial charge in [-0.15, -0.1) is 0 Å². The molecule has 2 heterocycles. The third-order valence-corrected chi connectivity index (χ3v) is 3.38. The Balaban J connectivity index is 1.89. The largest absolute Gasteiger partial charge is 0.309 e. The van der Waals surface area contributed by atoms with E-state index in [0.717, 1.165) is 23.6 Å². The summed E-state index contributed by atoms with van der Waals surface area (Å²) in [6.07, 6.45) is 5.58. The first-order valence-electron chi connectivity index (χ1n) is 6.55. The van der Waals surface area contributed by atoms with Gasteiger partial charge in [0.25, 0.3) is 0 Å². The molecular weight excluding hydrogens is 222 g/mol. The minimum absolute atomic E-state index is 0.393. The molecule has 3 rings (SSSR count). The van der Waals surface area contributed by atoms with E-state index in [9.17, 15) is 0 Å². The lowest BCUT2D eigenvalue weighted by Gasteiger charge is -2.23. The second-order valence-electron chi connectivity index (χ2n) is 4.67. The second kappa shape index (κ2) is 5.27. The Morgan fingerprint density at radius 3 is 2.72 bits per heavy atom. The first-order chi connectivity index (χ1) is 8.93. The molecule has 1 aromatic carbocycles. The molecule has 1 saturated heterocycles. The third kappa shape index (κ3) is 2.41. The van der Waals surface area contributed by atoms with Crippen molar-refractivity contribution in [1.82, 2.24) is 15.3 Å². The van der Waals surface area contributed by atoms with Gasteiger partial charge in [-0.1, -0.05) is 36.8 Å². The first kappa shape index (κ1) is 11.4. The summed E-state index contributed by atoms with van der Waals surface area (Å²) in [6, 6.07) is 12.6. The molecule has 1 N–H and O–H groups in total. The van der Waals surface area contributed by atoms with Crippen LogP contribution in [0.4, 0.5) is 0 Å². The summed E-state index contributed by atoms with van der Waals surface area (Å²) in [4.78, 5) is 9.06. The lowest BCUT2D eigenvalue weighted by Crippen LogP contribution is -2.27. The van der Waals surface area contributed by atoms with Crippen molar-refractivity contribution in [2.75, 3.05) is 6.54 Å². The van der Waals surface area contributed by atoms with Crippen molar-refractivity contribution in [3.63, 3.8) is 0 Å². The van der Waals surface area contributed by atoms with Gasteiger partial charge in [0.2, 0.25) is 0 Å². The minimum atomic E-state index is 0.393. The van der Waals surface area contributed by atoms with E-state index in [2.05, 4.69) is 10.3 Å². The van der Waals surface area contributed by atoms with Gasteiger partial charge in [0.05, 0.1) is 5.69 Å². The zero-order valence-electron chi connectivity index (χ0n) is 10.3. The maximum atomic E-state index is 4.69. The summed E-state index contributed by atoms with van der Waals surface area (Å²) >= 11 is 0. The summed E-state index contributed by atoms with van der Waals surface area (Å²) in [7, 11) is 0. The van der Waals surface area contributed by atoms with Crippen molar-refractivity contribution in [3.8, 4) is 11.4 Å². The van der Waals surface area contributed by atoms with Crippen molar-refractivity contribution in [2.24, 2.45) is 0 Å². The van der Waals surface area contributed by atoms with Crippen molar-refractivity contribution in [1.29, 1.82) is 0 Å². The van der Waals surface area contributed by atoms with Crippen LogP contribution in [0.1, 0.15) is 31.0 Å². The smallest absolute Gasteiger partial charge is 0.159 e. The Bertz CT molecular complexity index is 504. The Labute approximate surface area is 107 Å². The maximum Gasteiger partial charge on any atom is 0.159 e. The van der Waals surface area contributed by atoms with Gasteiger partial charge in [-0.3, -0.25) is 0 Å². The predicted molar refractivity (Wildman–Crippen MR) is 72.1 cm³/mol. The van der Waals surface area contributed by atoms with Crippen LogP contribution in [-0.4, -0.2) is 16.5 Å². The molecule has 1 aromatic heterocycles. The van der Waals surface area contributed by atoms with Gasteiger partial charge in [-0.2, -0.15) is 0 Å². The summed E-state index contributed by atoms with van der Waals surface area (Å²) < 4.78 is 0. The van der Waals surface area contributed by atoms with Gasteiger partial charge < -0.3 is 5.32 Å². The maximum absolute atomic E-state index is 4.69. The van der Waals surface area contributed by atoms with Gasteiger partial charge >= 0.3 is 0 Å². The molecule has 1 aliphatic heterocycles. The highest BCUT2D eigenvalue weighted by Crippen LogP contribution is 2.22. The van der Waals surface area contributed by atoms with Gasteiger partial charge in [-0.05, 0) is 25.5 Å². The zero-order chi connectivity index (χ0) is 12.2. The van der Waals surface area contributed by atoms with Crippen LogP contribution in [0.5, 0.6) is 0 Å². The summed E-state index contributed by atoms with van der Waals surface area (Å²) in [5.74, 6) is 0.820. The van der Waals surface area contributed by atoms with Crippen LogP contribution in [0, 0.1) is 0 Å². The average Bonchev–Trinajstić information content (AvgIpc) is 2.49. The summed E-state index contributed by atoms with van der Waals surface area (Å²) in [5.41, 5.74) is 2.19. The highest BCUT2D eigenvalue weighted by atomic mass is 15.0. The van der Waals surface area contributed by atoms with E-state index in [1.165, 1.54) is 19.3 Å². The number of nitrogens with zero attached hydrogens (tertiary/aromatic N) is 2. The molecule has 1 aliphatic rings. The van der Waals surface area contributed by atoms with Gasteiger partial charge in [0.15, 0.2) is 5.82 Å².